The van der Waals surface area contributed by atoms with Gasteiger partial charge in [0.1, 0.15) is 5.75 Å². The number of benzene rings is 1. The summed E-state index contributed by atoms with van der Waals surface area (Å²) in [5.41, 5.74) is 1.22. The van der Waals surface area contributed by atoms with Crippen LogP contribution in [-0.2, 0) is 17.9 Å². The molecule has 1 heterocycles. The third kappa shape index (κ3) is 4.58. The summed E-state index contributed by atoms with van der Waals surface area (Å²) in [5, 5.41) is 2.05. The average molecular weight is 344 g/mol. The Labute approximate surface area is 147 Å². The number of nitrogens with zero attached hydrogens (tertiary/aromatic N) is 2. The van der Waals surface area contributed by atoms with Crippen molar-refractivity contribution in [2.45, 2.75) is 32.0 Å². The van der Waals surface area contributed by atoms with E-state index in [1.54, 1.807) is 18.4 Å². The maximum absolute atomic E-state index is 12.6. The zero-order valence-electron chi connectivity index (χ0n) is 14.3. The highest BCUT2D eigenvalue weighted by atomic mass is 32.1. The second kappa shape index (κ2) is 7.81. The molecular formula is C19H24N2O2S. The summed E-state index contributed by atoms with van der Waals surface area (Å²) in [6.45, 7) is 1.99. The molecule has 3 rings (SSSR count). The highest BCUT2D eigenvalue weighted by molar-refractivity contribution is 7.09. The van der Waals surface area contributed by atoms with E-state index in [1.165, 1.54) is 23.3 Å². The minimum Gasteiger partial charge on any atom is -0.497 e. The number of rotatable bonds is 8. The molecule has 0 spiro atoms. The van der Waals surface area contributed by atoms with Gasteiger partial charge in [-0.3, -0.25) is 9.69 Å². The normalized spacial score (nSPS) is 14.0. The third-order valence-electron chi connectivity index (χ3n) is 4.35. The predicted molar refractivity (Wildman–Crippen MR) is 97.2 cm³/mol. The van der Waals surface area contributed by atoms with E-state index in [4.69, 9.17) is 4.74 Å². The van der Waals surface area contributed by atoms with Crippen LogP contribution in [0.4, 0.5) is 0 Å². The zero-order valence-corrected chi connectivity index (χ0v) is 15.1. The van der Waals surface area contributed by atoms with Crippen LogP contribution in [0.1, 0.15) is 23.3 Å². The molecular weight excluding hydrogens is 320 g/mol. The van der Waals surface area contributed by atoms with Gasteiger partial charge in [0.25, 0.3) is 0 Å². The smallest absolute Gasteiger partial charge is 0.236 e. The Morgan fingerprint density at radius 3 is 2.54 bits per heavy atom. The molecule has 0 N–H and O–H groups in total. The molecule has 5 heteroatoms. The number of carbonyl (C=O) groups excluding carboxylic acids is 1. The number of ether oxygens (including phenoxy) is 1. The highest BCUT2D eigenvalue weighted by Crippen LogP contribution is 2.28. The summed E-state index contributed by atoms with van der Waals surface area (Å²) in [7, 11) is 3.56. The van der Waals surface area contributed by atoms with E-state index in [2.05, 4.69) is 23.1 Å². The maximum atomic E-state index is 12.6. The summed E-state index contributed by atoms with van der Waals surface area (Å²) in [5.74, 6) is 1.05. The van der Waals surface area contributed by atoms with E-state index in [9.17, 15) is 4.79 Å². The molecule has 1 saturated carbocycles. The fourth-order valence-electron chi connectivity index (χ4n) is 2.74. The van der Waals surface area contributed by atoms with Gasteiger partial charge < -0.3 is 9.64 Å². The van der Waals surface area contributed by atoms with Crippen molar-refractivity contribution < 1.29 is 9.53 Å². The number of carbonyl (C=O) groups is 1. The Morgan fingerprint density at radius 2 is 1.96 bits per heavy atom. The quantitative estimate of drug-likeness (QED) is 0.736. The Bertz CT molecular complexity index is 651. The van der Waals surface area contributed by atoms with Crippen molar-refractivity contribution in [3.8, 4) is 5.75 Å². The van der Waals surface area contributed by atoms with Crippen molar-refractivity contribution >= 4 is 17.2 Å². The van der Waals surface area contributed by atoms with Crippen LogP contribution in [0.3, 0.4) is 0 Å². The fraction of sp³-hybridized carbons (Fsp3) is 0.421. The molecule has 0 atom stereocenters. The first-order valence-electron chi connectivity index (χ1n) is 8.29. The minimum absolute atomic E-state index is 0.184. The number of hydrogen-bond acceptors (Lipinski definition) is 4. The molecule has 24 heavy (non-hydrogen) atoms. The van der Waals surface area contributed by atoms with E-state index in [0.717, 1.165) is 12.3 Å². The van der Waals surface area contributed by atoms with Crippen LogP contribution in [0.5, 0.6) is 5.75 Å². The topological polar surface area (TPSA) is 32.8 Å². The molecule has 1 aromatic carbocycles. The first-order chi connectivity index (χ1) is 11.7. The van der Waals surface area contributed by atoms with Gasteiger partial charge in [-0.25, -0.2) is 0 Å². The number of likely N-dealkylation sites (N-methyl/N-ethyl adjacent to an activating group) is 1. The van der Waals surface area contributed by atoms with Gasteiger partial charge >= 0.3 is 0 Å². The summed E-state index contributed by atoms with van der Waals surface area (Å²) >= 11 is 1.69. The van der Waals surface area contributed by atoms with Gasteiger partial charge in [-0.1, -0.05) is 18.2 Å². The van der Waals surface area contributed by atoms with Crippen molar-refractivity contribution in [2.75, 3.05) is 20.7 Å². The maximum Gasteiger partial charge on any atom is 0.236 e. The van der Waals surface area contributed by atoms with Gasteiger partial charge in [-0.15, -0.1) is 11.3 Å². The second-order valence-corrected chi connectivity index (χ2v) is 7.35. The SMILES string of the molecule is COc1ccc(CN(CC(=O)N(C)Cc2cccs2)C2CC2)cc1. The van der Waals surface area contributed by atoms with Crippen LogP contribution in [-0.4, -0.2) is 42.5 Å². The van der Waals surface area contributed by atoms with E-state index < -0.39 is 0 Å². The molecule has 0 aliphatic heterocycles. The summed E-state index contributed by atoms with van der Waals surface area (Å²) in [6.07, 6.45) is 2.39. The Balaban J connectivity index is 1.57. The van der Waals surface area contributed by atoms with Crippen molar-refractivity contribution in [3.05, 3.63) is 52.2 Å². The first kappa shape index (κ1) is 17.0. The van der Waals surface area contributed by atoms with Gasteiger partial charge in [-0.05, 0) is 42.0 Å². The summed E-state index contributed by atoms with van der Waals surface area (Å²) in [6, 6.07) is 12.8. The van der Waals surface area contributed by atoms with Gasteiger partial charge in [0.05, 0.1) is 20.2 Å². The summed E-state index contributed by atoms with van der Waals surface area (Å²) in [4.78, 5) is 17.9. The lowest BCUT2D eigenvalue weighted by molar-refractivity contribution is -0.131. The van der Waals surface area contributed by atoms with Crippen LogP contribution in [0.2, 0.25) is 0 Å². The van der Waals surface area contributed by atoms with Crippen LogP contribution in [0.25, 0.3) is 0 Å². The Morgan fingerprint density at radius 1 is 1.21 bits per heavy atom. The van der Waals surface area contributed by atoms with E-state index in [-0.39, 0.29) is 5.91 Å². The second-order valence-electron chi connectivity index (χ2n) is 6.31. The van der Waals surface area contributed by atoms with Gasteiger partial charge in [0, 0.05) is 24.5 Å². The Hall–Kier alpha value is -1.85. The standard InChI is InChI=1S/C19H24N2O2S/c1-20(13-18-4-3-11-24-18)19(22)14-21(16-7-8-16)12-15-5-9-17(23-2)10-6-15/h3-6,9-11,16H,7-8,12-14H2,1-2H3. The summed E-state index contributed by atoms with van der Waals surface area (Å²) < 4.78 is 5.21. The zero-order chi connectivity index (χ0) is 16.9. The van der Waals surface area contributed by atoms with Crippen molar-refractivity contribution in [3.63, 3.8) is 0 Å². The monoisotopic (exact) mass is 344 g/mol. The molecule has 4 nitrogen and oxygen atoms in total. The molecule has 0 unspecified atom stereocenters. The molecule has 1 amide bonds. The molecule has 1 aliphatic rings. The number of amides is 1. The fourth-order valence-corrected chi connectivity index (χ4v) is 3.50. The molecule has 2 aromatic rings. The lowest BCUT2D eigenvalue weighted by Gasteiger charge is -2.25. The van der Waals surface area contributed by atoms with Gasteiger partial charge in [-0.2, -0.15) is 0 Å². The molecule has 1 aliphatic carbocycles. The van der Waals surface area contributed by atoms with Crippen LogP contribution < -0.4 is 4.74 Å². The molecule has 0 bridgehead atoms. The number of thiophene rings is 1. The largest absolute Gasteiger partial charge is 0.497 e. The lowest BCUT2D eigenvalue weighted by atomic mass is 10.2. The van der Waals surface area contributed by atoms with Crippen molar-refractivity contribution in [1.29, 1.82) is 0 Å². The Kier molecular flexibility index (Phi) is 5.53. The highest BCUT2D eigenvalue weighted by Gasteiger charge is 2.31. The molecule has 0 saturated heterocycles. The minimum atomic E-state index is 0.184. The molecule has 1 aromatic heterocycles. The number of hydrogen-bond donors (Lipinski definition) is 0. The predicted octanol–water partition coefficient (Wildman–Crippen LogP) is 3.38. The van der Waals surface area contributed by atoms with Gasteiger partial charge in [0.15, 0.2) is 0 Å². The van der Waals surface area contributed by atoms with E-state index in [0.29, 0.717) is 19.1 Å². The van der Waals surface area contributed by atoms with Crippen LogP contribution in [0, 0.1) is 0 Å². The lowest BCUT2D eigenvalue weighted by Crippen LogP contribution is -2.38. The first-order valence-corrected chi connectivity index (χ1v) is 9.17. The molecule has 1 fully saturated rings. The van der Waals surface area contributed by atoms with Crippen molar-refractivity contribution in [1.82, 2.24) is 9.80 Å². The third-order valence-corrected chi connectivity index (χ3v) is 5.21. The number of methoxy groups -OCH3 is 1. The average Bonchev–Trinajstić information content (AvgIpc) is 3.32. The molecule has 0 radical (unpaired) electrons. The van der Waals surface area contributed by atoms with Crippen LogP contribution in [0.15, 0.2) is 41.8 Å². The molecule has 128 valence electrons. The van der Waals surface area contributed by atoms with E-state index in [1.807, 2.05) is 35.5 Å². The van der Waals surface area contributed by atoms with Crippen LogP contribution >= 0.6 is 11.3 Å². The van der Waals surface area contributed by atoms with E-state index >= 15 is 0 Å². The van der Waals surface area contributed by atoms with Gasteiger partial charge in [0.2, 0.25) is 5.91 Å². The van der Waals surface area contributed by atoms with Crippen molar-refractivity contribution in [2.24, 2.45) is 0 Å².